The lowest BCUT2D eigenvalue weighted by molar-refractivity contribution is 0.102. The highest BCUT2D eigenvalue weighted by Crippen LogP contribution is 2.21. The summed E-state index contributed by atoms with van der Waals surface area (Å²) in [4.78, 5) is 25.2. The van der Waals surface area contributed by atoms with Crippen LogP contribution in [0.3, 0.4) is 0 Å². The number of rotatable bonds is 6. The molecule has 0 spiro atoms. The van der Waals surface area contributed by atoms with Crippen molar-refractivity contribution >= 4 is 11.6 Å². The van der Waals surface area contributed by atoms with Crippen LogP contribution in [0.4, 0.5) is 5.69 Å². The fraction of sp³-hybridized carbons (Fsp3) is 0.0952. The van der Waals surface area contributed by atoms with Crippen molar-refractivity contribution in [2.45, 2.75) is 6.42 Å². The van der Waals surface area contributed by atoms with Gasteiger partial charge in [-0.15, -0.1) is 0 Å². The second kappa shape index (κ2) is 8.30. The Hall–Kier alpha value is -4.07. The molecule has 0 aliphatic carbocycles. The number of nitrogens with zero attached hydrogens (tertiary/aromatic N) is 4. The number of hydrogen-bond donors (Lipinski definition) is 1. The van der Waals surface area contributed by atoms with Crippen LogP contribution in [0.25, 0.3) is 11.5 Å². The third-order valence-corrected chi connectivity index (χ3v) is 4.20. The molecule has 0 unspecified atom stereocenters. The van der Waals surface area contributed by atoms with Crippen LogP contribution in [0, 0.1) is 0 Å². The van der Waals surface area contributed by atoms with Crippen molar-refractivity contribution < 1.29 is 14.1 Å². The summed E-state index contributed by atoms with van der Waals surface area (Å²) in [5.41, 5.74) is 2.54. The van der Waals surface area contributed by atoms with Gasteiger partial charge in [0.2, 0.25) is 11.7 Å². The number of carbonyl (C=O) groups excluding carboxylic acids is 1. The lowest BCUT2D eigenvalue weighted by atomic mass is 10.1. The van der Waals surface area contributed by atoms with E-state index in [0.717, 1.165) is 5.56 Å². The van der Waals surface area contributed by atoms with E-state index in [1.807, 2.05) is 24.3 Å². The van der Waals surface area contributed by atoms with Crippen LogP contribution in [0.5, 0.6) is 5.75 Å². The van der Waals surface area contributed by atoms with Crippen molar-refractivity contribution in [2.75, 3.05) is 12.4 Å². The quantitative estimate of drug-likeness (QED) is 0.541. The van der Waals surface area contributed by atoms with Crippen molar-refractivity contribution in [3.8, 4) is 17.3 Å². The van der Waals surface area contributed by atoms with Crippen LogP contribution in [0.1, 0.15) is 21.8 Å². The van der Waals surface area contributed by atoms with Gasteiger partial charge in [0, 0.05) is 23.6 Å². The van der Waals surface area contributed by atoms with E-state index in [1.165, 1.54) is 0 Å². The van der Waals surface area contributed by atoms with Crippen molar-refractivity contribution in [2.24, 2.45) is 0 Å². The molecule has 1 amide bonds. The summed E-state index contributed by atoms with van der Waals surface area (Å²) in [6.45, 7) is 0. The molecule has 1 N–H and O–H groups in total. The van der Waals surface area contributed by atoms with Gasteiger partial charge in [0.15, 0.2) is 0 Å². The van der Waals surface area contributed by atoms with Crippen LogP contribution in [-0.4, -0.2) is 33.1 Å². The largest absolute Gasteiger partial charge is 0.497 e. The smallest absolute Gasteiger partial charge is 0.255 e. The summed E-state index contributed by atoms with van der Waals surface area (Å²) in [7, 11) is 1.56. The highest BCUT2D eigenvalue weighted by molar-refractivity contribution is 6.04. The molecule has 2 aromatic heterocycles. The van der Waals surface area contributed by atoms with Gasteiger partial charge >= 0.3 is 0 Å². The first-order chi connectivity index (χ1) is 14.2. The van der Waals surface area contributed by atoms with Crippen LogP contribution < -0.4 is 10.1 Å². The number of benzene rings is 2. The predicted molar refractivity (Wildman–Crippen MR) is 106 cm³/mol. The number of para-hydroxylation sites is 1. The lowest BCUT2D eigenvalue weighted by Crippen LogP contribution is -2.13. The van der Waals surface area contributed by atoms with Gasteiger partial charge in [-0.1, -0.05) is 29.4 Å². The molecule has 4 rings (SSSR count). The molecule has 8 heteroatoms. The van der Waals surface area contributed by atoms with Gasteiger partial charge < -0.3 is 14.6 Å². The van der Waals surface area contributed by atoms with Crippen molar-refractivity contribution in [1.82, 2.24) is 20.1 Å². The topological polar surface area (TPSA) is 103 Å². The van der Waals surface area contributed by atoms with E-state index in [0.29, 0.717) is 40.8 Å². The lowest BCUT2D eigenvalue weighted by Gasteiger charge is -2.10. The fourth-order valence-corrected chi connectivity index (χ4v) is 2.76. The zero-order chi connectivity index (χ0) is 20.1. The number of amides is 1. The minimum atomic E-state index is -0.234. The molecule has 0 saturated heterocycles. The van der Waals surface area contributed by atoms with Gasteiger partial charge in [-0.25, -0.2) is 4.98 Å². The maximum Gasteiger partial charge on any atom is 0.255 e. The van der Waals surface area contributed by atoms with Gasteiger partial charge in [-0.05, 0) is 29.8 Å². The van der Waals surface area contributed by atoms with Crippen LogP contribution in [0.2, 0.25) is 0 Å². The Kier molecular flexibility index (Phi) is 5.24. The maximum absolute atomic E-state index is 12.6. The van der Waals surface area contributed by atoms with Gasteiger partial charge in [0.25, 0.3) is 5.91 Å². The Balaban J connectivity index is 1.53. The average molecular weight is 387 g/mol. The molecule has 8 nitrogen and oxygen atoms in total. The number of methoxy groups -OCH3 is 1. The maximum atomic E-state index is 12.6. The van der Waals surface area contributed by atoms with Gasteiger partial charge in [0.1, 0.15) is 11.4 Å². The van der Waals surface area contributed by atoms with E-state index in [-0.39, 0.29) is 5.91 Å². The van der Waals surface area contributed by atoms with Crippen LogP contribution in [-0.2, 0) is 6.42 Å². The van der Waals surface area contributed by atoms with E-state index < -0.39 is 0 Å². The van der Waals surface area contributed by atoms with Gasteiger partial charge in [-0.2, -0.15) is 4.98 Å². The van der Waals surface area contributed by atoms with Gasteiger partial charge in [0.05, 0.1) is 19.7 Å². The first-order valence-corrected chi connectivity index (χ1v) is 8.85. The summed E-state index contributed by atoms with van der Waals surface area (Å²) in [6.07, 6.45) is 5.07. The number of aromatic nitrogens is 4. The third-order valence-electron chi connectivity index (χ3n) is 4.20. The Morgan fingerprint density at radius 1 is 1.14 bits per heavy atom. The Morgan fingerprint density at radius 2 is 2.03 bits per heavy atom. The number of carbonyl (C=O) groups is 1. The van der Waals surface area contributed by atoms with E-state index >= 15 is 0 Å². The zero-order valence-corrected chi connectivity index (χ0v) is 15.6. The second-order valence-corrected chi connectivity index (χ2v) is 6.12. The summed E-state index contributed by atoms with van der Waals surface area (Å²) >= 11 is 0. The van der Waals surface area contributed by atoms with E-state index in [4.69, 9.17) is 9.26 Å². The standard InChI is InChI=1S/C21H17N5O3/c1-28-16-7-4-6-15(11-16)21(27)24-17-8-3-2-5-14(17)12-19-25-20(26-29-19)18-13-22-9-10-23-18/h2-11,13H,12H2,1H3,(H,24,27). The summed E-state index contributed by atoms with van der Waals surface area (Å²) in [5.74, 6) is 1.16. The monoisotopic (exact) mass is 387 g/mol. The molecule has 0 saturated carbocycles. The zero-order valence-electron chi connectivity index (χ0n) is 15.6. The summed E-state index contributed by atoms with van der Waals surface area (Å²) < 4.78 is 10.5. The van der Waals surface area contributed by atoms with Crippen molar-refractivity contribution in [1.29, 1.82) is 0 Å². The second-order valence-electron chi connectivity index (χ2n) is 6.12. The highest BCUT2D eigenvalue weighted by Gasteiger charge is 2.14. The third kappa shape index (κ3) is 4.27. The predicted octanol–water partition coefficient (Wildman–Crippen LogP) is 3.38. The van der Waals surface area contributed by atoms with E-state index in [1.54, 1.807) is 50.0 Å². The number of anilines is 1. The molecule has 0 radical (unpaired) electrons. The SMILES string of the molecule is COc1cccc(C(=O)Nc2ccccc2Cc2nc(-c3cnccn3)no2)c1. The van der Waals surface area contributed by atoms with Crippen molar-refractivity contribution in [3.63, 3.8) is 0 Å². The Morgan fingerprint density at radius 3 is 2.86 bits per heavy atom. The first-order valence-electron chi connectivity index (χ1n) is 8.85. The molecule has 4 aromatic rings. The van der Waals surface area contributed by atoms with Crippen LogP contribution in [0.15, 0.2) is 71.6 Å². The molecule has 0 bridgehead atoms. The number of hydrogen-bond acceptors (Lipinski definition) is 7. The fourth-order valence-electron chi connectivity index (χ4n) is 2.76. The minimum absolute atomic E-state index is 0.234. The average Bonchev–Trinajstić information content (AvgIpc) is 3.24. The molecular formula is C21H17N5O3. The summed E-state index contributed by atoms with van der Waals surface area (Å²) in [5, 5.41) is 6.88. The number of nitrogens with one attached hydrogen (secondary N) is 1. The molecule has 0 fully saturated rings. The number of ether oxygens (including phenoxy) is 1. The molecule has 2 aromatic carbocycles. The molecule has 29 heavy (non-hydrogen) atoms. The van der Waals surface area contributed by atoms with Crippen molar-refractivity contribution in [3.05, 3.63) is 84.1 Å². The molecule has 144 valence electrons. The van der Waals surface area contributed by atoms with Crippen LogP contribution >= 0.6 is 0 Å². The minimum Gasteiger partial charge on any atom is -0.497 e. The normalized spacial score (nSPS) is 10.5. The van der Waals surface area contributed by atoms with E-state index in [2.05, 4.69) is 25.4 Å². The van der Waals surface area contributed by atoms with Gasteiger partial charge in [-0.3, -0.25) is 9.78 Å². The Labute approximate surface area is 166 Å². The first kappa shape index (κ1) is 18.3. The molecule has 0 atom stereocenters. The highest BCUT2D eigenvalue weighted by atomic mass is 16.5. The molecule has 0 aliphatic rings. The molecule has 0 aliphatic heterocycles. The van der Waals surface area contributed by atoms with E-state index in [9.17, 15) is 4.79 Å². The molecular weight excluding hydrogens is 370 g/mol. The summed E-state index contributed by atoms with van der Waals surface area (Å²) in [6, 6.07) is 14.4. The molecule has 2 heterocycles. The Bertz CT molecular complexity index is 1130.